The van der Waals surface area contributed by atoms with Gasteiger partial charge in [-0.25, -0.2) is 9.78 Å². The van der Waals surface area contributed by atoms with Crippen LogP contribution in [0.4, 0.5) is 0 Å². The number of hydrogen-bond acceptors (Lipinski definition) is 5. The molecule has 0 saturated heterocycles. The zero-order valence-electron chi connectivity index (χ0n) is 12.5. The predicted octanol–water partition coefficient (Wildman–Crippen LogP) is 3.50. The van der Waals surface area contributed by atoms with Crippen LogP contribution in [0.25, 0.3) is 0 Å². The minimum atomic E-state index is -0.818. The van der Waals surface area contributed by atoms with Crippen molar-refractivity contribution in [1.29, 1.82) is 0 Å². The van der Waals surface area contributed by atoms with E-state index >= 15 is 0 Å². The first-order chi connectivity index (χ1) is 9.88. The van der Waals surface area contributed by atoms with Gasteiger partial charge in [0.2, 0.25) is 5.78 Å². The minimum absolute atomic E-state index is 0.206. The Labute approximate surface area is 127 Å². The number of ether oxygens (including phenoxy) is 1. The molecule has 5 heteroatoms. The average molecular weight is 303 g/mol. The van der Waals surface area contributed by atoms with Gasteiger partial charge in [0.05, 0.1) is 10.7 Å². The number of aromatic nitrogens is 1. The molecular formula is C16H17NO3S. The van der Waals surface area contributed by atoms with Crippen molar-refractivity contribution in [2.24, 2.45) is 0 Å². The molecule has 2 rings (SSSR count). The average Bonchev–Trinajstić information content (AvgIpc) is 2.77. The normalized spacial score (nSPS) is 12.0. The molecule has 21 heavy (non-hydrogen) atoms. The Morgan fingerprint density at radius 3 is 2.29 bits per heavy atom. The van der Waals surface area contributed by atoms with Crippen LogP contribution in [0.3, 0.4) is 0 Å². The van der Waals surface area contributed by atoms with Gasteiger partial charge in [-0.3, -0.25) is 4.79 Å². The van der Waals surface area contributed by atoms with Crippen molar-refractivity contribution >= 4 is 23.1 Å². The number of carbonyl (C=O) groups is 2. The Morgan fingerprint density at radius 2 is 1.76 bits per heavy atom. The van der Waals surface area contributed by atoms with E-state index in [9.17, 15) is 9.59 Å². The molecule has 4 nitrogen and oxygen atoms in total. The molecule has 0 amide bonds. The maximum absolute atomic E-state index is 12.2. The SMILES string of the molecule is Cc1ccc(C(=O)[C@H](C)OC(=O)c2sc(C)nc2C)cc1. The number of carbonyl (C=O) groups excluding carboxylic acids is 2. The third-order valence-corrected chi connectivity index (χ3v) is 4.13. The van der Waals surface area contributed by atoms with Crippen molar-refractivity contribution in [3.05, 3.63) is 51.0 Å². The molecule has 1 atom stereocenters. The van der Waals surface area contributed by atoms with Crippen LogP contribution >= 0.6 is 11.3 Å². The summed E-state index contributed by atoms with van der Waals surface area (Å²) >= 11 is 1.28. The van der Waals surface area contributed by atoms with Gasteiger partial charge >= 0.3 is 5.97 Å². The molecule has 0 fully saturated rings. The van der Waals surface area contributed by atoms with Crippen LogP contribution < -0.4 is 0 Å². The van der Waals surface area contributed by atoms with Gasteiger partial charge in [-0.05, 0) is 27.7 Å². The van der Waals surface area contributed by atoms with Crippen molar-refractivity contribution in [2.75, 3.05) is 0 Å². The molecule has 2 aromatic rings. The summed E-state index contributed by atoms with van der Waals surface area (Å²) in [5.74, 6) is -0.701. The number of nitrogens with zero attached hydrogens (tertiary/aromatic N) is 1. The van der Waals surface area contributed by atoms with Crippen LogP contribution in [0.15, 0.2) is 24.3 Å². The fraction of sp³-hybridized carbons (Fsp3) is 0.312. The number of benzene rings is 1. The molecule has 0 N–H and O–H groups in total. The maximum atomic E-state index is 12.2. The quantitative estimate of drug-likeness (QED) is 0.641. The Bertz CT molecular complexity index is 673. The fourth-order valence-electron chi connectivity index (χ4n) is 1.94. The second kappa shape index (κ2) is 6.18. The number of rotatable bonds is 4. The summed E-state index contributed by atoms with van der Waals surface area (Å²) in [6.45, 7) is 7.12. The van der Waals surface area contributed by atoms with Crippen LogP contribution in [0.2, 0.25) is 0 Å². The Morgan fingerprint density at radius 1 is 1.14 bits per heavy atom. The largest absolute Gasteiger partial charge is 0.450 e. The predicted molar refractivity (Wildman–Crippen MR) is 82.0 cm³/mol. The van der Waals surface area contributed by atoms with Crippen molar-refractivity contribution in [3.63, 3.8) is 0 Å². The van der Waals surface area contributed by atoms with E-state index in [1.165, 1.54) is 11.3 Å². The lowest BCUT2D eigenvalue weighted by atomic mass is 10.1. The van der Waals surface area contributed by atoms with Crippen LogP contribution in [0.1, 0.15) is 43.2 Å². The van der Waals surface area contributed by atoms with E-state index in [0.29, 0.717) is 16.1 Å². The summed E-state index contributed by atoms with van der Waals surface area (Å²) in [4.78, 5) is 28.9. The van der Waals surface area contributed by atoms with Crippen molar-refractivity contribution in [2.45, 2.75) is 33.8 Å². The molecule has 0 aliphatic heterocycles. The molecule has 0 bridgehead atoms. The number of thiazole rings is 1. The number of esters is 1. The second-order valence-corrected chi connectivity index (χ2v) is 6.13. The summed E-state index contributed by atoms with van der Waals surface area (Å²) in [6.07, 6.45) is -0.818. The van der Waals surface area contributed by atoms with Crippen molar-refractivity contribution in [1.82, 2.24) is 4.98 Å². The molecule has 1 aromatic carbocycles. The van der Waals surface area contributed by atoms with E-state index in [2.05, 4.69) is 4.98 Å². The van der Waals surface area contributed by atoms with Crippen LogP contribution in [0, 0.1) is 20.8 Å². The standard InChI is InChI=1S/C16H17NO3S/c1-9-5-7-13(8-6-9)14(18)11(3)20-16(19)15-10(2)17-12(4)21-15/h5-8,11H,1-4H3/t11-/m0/s1. The Balaban J connectivity index is 2.08. The maximum Gasteiger partial charge on any atom is 0.350 e. The molecule has 0 aliphatic carbocycles. The highest BCUT2D eigenvalue weighted by Gasteiger charge is 2.23. The molecule has 0 unspecified atom stereocenters. The third kappa shape index (κ3) is 3.55. The van der Waals surface area contributed by atoms with Gasteiger partial charge in [-0.2, -0.15) is 0 Å². The van der Waals surface area contributed by atoms with Gasteiger partial charge in [-0.1, -0.05) is 29.8 Å². The lowest BCUT2D eigenvalue weighted by Crippen LogP contribution is -2.24. The van der Waals surface area contributed by atoms with Gasteiger partial charge in [0.15, 0.2) is 6.10 Å². The zero-order valence-corrected chi connectivity index (χ0v) is 13.3. The Hall–Kier alpha value is -2.01. The van der Waals surface area contributed by atoms with Gasteiger partial charge in [-0.15, -0.1) is 11.3 Å². The molecule has 110 valence electrons. The van der Waals surface area contributed by atoms with E-state index < -0.39 is 12.1 Å². The van der Waals surface area contributed by atoms with Gasteiger partial charge in [0.25, 0.3) is 0 Å². The summed E-state index contributed by atoms with van der Waals surface area (Å²) in [7, 11) is 0. The lowest BCUT2D eigenvalue weighted by Gasteiger charge is -2.12. The van der Waals surface area contributed by atoms with Crippen molar-refractivity contribution in [3.8, 4) is 0 Å². The van der Waals surface area contributed by atoms with E-state index in [-0.39, 0.29) is 5.78 Å². The number of Topliss-reactive ketones (excluding diaryl/α,β-unsaturated/α-hetero) is 1. The van der Waals surface area contributed by atoms with E-state index in [1.807, 2.05) is 26.0 Å². The lowest BCUT2D eigenvalue weighted by molar-refractivity contribution is 0.0322. The summed E-state index contributed by atoms with van der Waals surface area (Å²) < 4.78 is 5.26. The van der Waals surface area contributed by atoms with Crippen LogP contribution in [0.5, 0.6) is 0 Å². The highest BCUT2D eigenvalue weighted by molar-refractivity contribution is 7.13. The minimum Gasteiger partial charge on any atom is -0.450 e. The third-order valence-electron chi connectivity index (χ3n) is 3.08. The first kappa shape index (κ1) is 15.4. The Kier molecular flexibility index (Phi) is 4.53. The first-order valence-corrected chi connectivity index (χ1v) is 7.46. The van der Waals surface area contributed by atoms with E-state index in [4.69, 9.17) is 4.74 Å². The molecule has 0 aliphatic rings. The number of hydrogen-bond donors (Lipinski definition) is 0. The molecular weight excluding hydrogens is 286 g/mol. The highest BCUT2D eigenvalue weighted by atomic mass is 32.1. The topological polar surface area (TPSA) is 56.3 Å². The summed E-state index contributed by atoms with van der Waals surface area (Å²) in [6, 6.07) is 7.20. The summed E-state index contributed by atoms with van der Waals surface area (Å²) in [5.41, 5.74) is 2.25. The molecule has 0 saturated carbocycles. The zero-order chi connectivity index (χ0) is 15.6. The highest BCUT2D eigenvalue weighted by Crippen LogP contribution is 2.19. The molecule has 1 heterocycles. The monoisotopic (exact) mass is 303 g/mol. The first-order valence-electron chi connectivity index (χ1n) is 6.64. The molecule has 0 radical (unpaired) electrons. The van der Waals surface area contributed by atoms with Gasteiger partial charge < -0.3 is 4.74 Å². The van der Waals surface area contributed by atoms with E-state index in [1.54, 1.807) is 26.0 Å². The summed E-state index contributed by atoms with van der Waals surface area (Å²) in [5, 5.41) is 0.803. The number of ketones is 1. The van der Waals surface area contributed by atoms with Gasteiger partial charge in [0.1, 0.15) is 4.88 Å². The van der Waals surface area contributed by atoms with Gasteiger partial charge in [0, 0.05) is 5.56 Å². The fourth-order valence-corrected chi connectivity index (χ4v) is 2.74. The van der Waals surface area contributed by atoms with E-state index in [0.717, 1.165) is 10.6 Å². The second-order valence-electron chi connectivity index (χ2n) is 4.93. The van der Waals surface area contributed by atoms with Crippen LogP contribution in [-0.2, 0) is 4.74 Å². The number of aryl methyl sites for hydroxylation is 3. The smallest absolute Gasteiger partial charge is 0.350 e. The molecule has 0 spiro atoms. The van der Waals surface area contributed by atoms with Crippen LogP contribution in [-0.4, -0.2) is 22.8 Å². The molecule has 1 aromatic heterocycles. The van der Waals surface area contributed by atoms with Crippen molar-refractivity contribution < 1.29 is 14.3 Å².